The monoisotopic (exact) mass is 369 g/mol. The molecule has 0 saturated carbocycles. The van der Waals surface area contributed by atoms with Gasteiger partial charge in [0.05, 0.1) is 0 Å². The molecule has 1 aromatic heterocycles. The Hall–Kier alpha value is -2.79. The van der Waals surface area contributed by atoms with E-state index in [1.807, 2.05) is 43.3 Å². The number of benzene rings is 2. The highest BCUT2D eigenvalue weighted by atomic mass is 35.5. The number of rotatable bonds is 6. The van der Waals surface area contributed by atoms with Crippen LogP contribution in [0.3, 0.4) is 0 Å². The van der Waals surface area contributed by atoms with Crippen molar-refractivity contribution in [1.82, 2.24) is 10.3 Å². The molecule has 0 aliphatic carbocycles. The number of nitrogens with one attached hydrogen (secondary N) is 3. The first kappa shape index (κ1) is 18.0. The van der Waals surface area contributed by atoms with Crippen LogP contribution in [0.5, 0.6) is 0 Å². The Morgan fingerprint density at radius 3 is 2.58 bits per heavy atom. The minimum absolute atomic E-state index is 0.00691. The van der Waals surface area contributed by atoms with Gasteiger partial charge in [0.15, 0.2) is 0 Å². The van der Waals surface area contributed by atoms with Crippen LogP contribution in [-0.4, -0.2) is 16.8 Å². The summed E-state index contributed by atoms with van der Waals surface area (Å²) in [5.41, 5.74) is 3.06. The van der Waals surface area contributed by atoms with Gasteiger partial charge < -0.3 is 15.6 Å². The standard InChI is InChI=1S/C20H20ClN3O2/c1-2-3-19(25)23-16-7-4-13(5-8-16)12-22-20(26)18-11-14-10-15(21)6-9-17(14)24-18/h4-11,24H,2-3,12H2,1H3,(H,22,26)(H,23,25). The molecular weight excluding hydrogens is 350 g/mol. The number of H-pyrrole nitrogens is 1. The molecule has 1 heterocycles. The Morgan fingerprint density at radius 2 is 1.85 bits per heavy atom. The lowest BCUT2D eigenvalue weighted by Gasteiger charge is -2.07. The number of carbonyl (C=O) groups is 2. The molecule has 2 amide bonds. The van der Waals surface area contributed by atoms with Crippen molar-refractivity contribution in [3.05, 3.63) is 64.8 Å². The number of fused-ring (bicyclic) bond motifs is 1. The van der Waals surface area contributed by atoms with Crippen LogP contribution in [-0.2, 0) is 11.3 Å². The summed E-state index contributed by atoms with van der Waals surface area (Å²) >= 11 is 5.97. The Kier molecular flexibility index (Phi) is 5.58. The smallest absolute Gasteiger partial charge is 0.267 e. The van der Waals surface area contributed by atoms with E-state index in [2.05, 4.69) is 15.6 Å². The van der Waals surface area contributed by atoms with E-state index in [0.29, 0.717) is 23.7 Å². The van der Waals surface area contributed by atoms with E-state index in [-0.39, 0.29) is 11.8 Å². The van der Waals surface area contributed by atoms with E-state index in [1.165, 1.54) is 0 Å². The lowest BCUT2D eigenvalue weighted by atomic mass is 10.2. The summed E-state index contributed by atoms with van der Waals surface area (Å²) in [5, 5.41) is 7.25. The molecule has 0 atom stereocenters. The number of hydrogen-bond donors (Lipinski definition) is 3. The average Bonchev–Trinajstić information content (AvgIpc) is 3.04. The van der Waals surface area contributed by atoms with E-state index < -0.39 is 0 Å². The van der Waals surface area contributed by atoms with Gasteiger partial charge in [-0.05, 0) is 48.4 Å². The zero-order valence-corrected chi connectivity index (χ0v) is 15.2. The lowest BCUT2D eigenvalue weighted by Crippen LogP contribution is -2.23. The largest absolute Gasteiger partial charge is 0.351 e. The zero-order valence-electron chi connectivity index (χ0n) is 14.4. The Labute approximate surface area is 156 Å². The number of aromatic nitrogens is 1. The van der Waals surface area contributed by atoms with E-state index in [0.717, 1.165) is 28.6 Å². The van der Waals surface area contributed by atoms with Crippen LogP contribution in [0.1, 0.15) is 35.8 Å². The van der Waals surface area contributed by atoms with Crippen molar-refractivity contribution in [3.63, 3.8) is 0 Å². The quantitative estimate of drug-likeness (QED) is 0.598. The summed E-state index contributed by atoms with van der Waals surface area (Å²) < 4.78 is 0. The maximum atomic E-state index is 12.3. The molecule has 26 heavy (non-hydrogen) atoms. The molecule has 0 unspecified atom stereocenters. The van der Waals surface area contributed by atoms with Crippen molar-refractivity contribution < 1.29 is 9.59 Å². The molecule has 3 rings (SSSR count). The fourth-order valence-electron chi connectivity index (χ4n) is 2.66. The third kappa shape index (κ3) is 4.43. The molecule has 6 heteroatoms. The van der Waals surface area contributed by atoms with Gasteiger partial charge in [-0.15, -0.1) is 0 Å². The number of hydrogen-bond acceptors (Lipinski definition) is 2. The van der Waals surface area contributed by atoms with E-state index in [1.54, 1.807) is 12.1 Å². The number of halogens is 1. The lowest BCUT2D eigenvalue weighted by molar-refractivity contribution is -0.116. The molecule has 0 radical (unpaired) electrons. The summed E-state index contributed by atoms with van der Waals surface area (Å²) in [4.78, 5) is 27.0. The van der Waals surface area contributed by atoms with E-state index >= 15 is 0 Å². The summed E-state index contributed by atoms with van der Waals surface area (Å²) in [6, 6.07) is 14.7. The summed E-state index contributed by atoms with van der Waals surface area (Å²) in [5.74, 6) is -0.176. The number of anilines is 1. The van der Waals surface area contributed by atoms with E-state index in [4.69, 9.17) is 11.6 Å². The predicted molar refractivity (Wildman–Crippen MR) is 104 cm³/mol. The Bertz CT molecular complexity index is 932. The highest BCUT2D eigenvalue weighted by molar-refractivity contribution is 6.31. The molecule has 0 saturated heterocycles. The van der Waals surface area contributed by atoms with Gasteiger partial charge in [0.25, 0.3) is 5.91 Å². The third-order valence-electron chi connectivity index (χ3n) is 4.00. The van der Waals surface area contributed by atoms with Gasteiger partial charge in [0.1, 0.15) is 5.69 Å². The van der Waals surface area contributed by atoms with Gasteiger partial charge in [-0.2, -0.15) is 0 Å². The fraction of sp³-hybridized carbons (Fsp3) is 0.200. The number of amides is 2. The van der Waals surface area contributed by atoms with Crippen LogP contribution in [0.4, 0.5) is 5.69 Å². The SMILES string of the molecule is CCCC(=O)Nc1ccc(CNC(=O)c2cc3cc(Cl)ccc3[nH]2)cc1. The van der Waals surface area contributed by atoms with Crippen molar-refractivity contribution in [2.45, 2.75) is 26.3 Å². The molecular formula is C20H20ClN3O2. The molecule has 0 spiro atoms. The normalized spacial score (nSPS) is 10.7. The topological polar surface area (TPSA) is 74.0 Å². The van der Waals surface area contributed by atoms with Crippen molar-refractivity contribution >= 4 is 40.0 Å². The molecule has 0 aliphatic heterocycles. The predicted octanol–water partition coefficient (Wildman–Crippen LogP) is 4.49. The minimum atomic E-state index is -0.183. The fourth-order valence-corrected chi connectivity index (χ4v) is 2.84. The van der Waals surface area contributed by atoms with Crippen molar-refractivity contribution in [2.24, 2.45) is 0 Å². The Morgan fingerprint density at radius 1 is 1.08 bits per heavy atom. The molecule has 134 valence electrons. The van der Waals surface area contributed by atoms with Gasteiger partial charge in [0.2, 0.25) is 5.91 Å². The number of carbonyl (C=O) groups excluding carboxylic acids is 2. The van der Waals surface area contributed by atoms with Crippen LogP contribution < -0.4 is 10.6 Å². The van der Waals surface area contributed by atoms with Crippen molar-refractivity contribution in [1.29, 1.82) is 0 Å². The Balaban J connectivity index is 1.59. The second-order valence-corrected chi connectivity index (χ2v) is 6.53. The first-order chi connectivity index (χ1) is 12.5. The van der Waals surface area contributed by atoms with Gasteiger partial charge in [-0.3, -0.25) is 9.59 Å². The molecule has 3 N–H and O–H groups in total. The van der Waals surface area contributed by atoms with Crippen molar-refractivity contribution in [2.75, 3.05) is 5.32 Å². The third-order valence-corrected chi connectivity index (χ3v) is 4.23. The van der Waals surface area contributed by atoms with Gasteiger partial charge in [0, 0.05) is 34.6 Å². The summed E-state index contributed by atoms with van der Waals surface area (Å²) in [6.07, 6.45) is 1.32. The maximum Gasteiger partial charge on any atom is 0.267 e. The van der Waals surface area contributed by atoms with Gasteiger partial charge >= 0.3 is 0 Å². The zero-order chi connectivity index (χ0) is 18.5. The molecule has 5 nitrogen and oxygen atoms in total. The number of aromatic amines is 1. The average molecular weight is 370 g/mol. The molecule has 2 aromatic carbocycles. The summed E-state index contributed by atoms with van der Waals surface area (Å²) in [6.45, 7) is 2.37. The molecule has 3 aromatic rings. The molecule has 0 aliphatic rings. The van der Waals surface area contributed by atoms with Gasteiger partial charge in [-0.25, -0.2) is 0 Å². The second kappa shape index (κ2) is 8.06. The van der Waals surface area contributed by atoms with Gasteiger partial charge in [-0.1, -0.05) is 30.7 Å². The van der Waals surface area contributed by atoms with E-state index in [9.17, 15) is 9.59 Å². The highest BCUT2D eigenvalue weighted by Gasteiger charge is 2.09. The van der Waals surface area contributed by atoms with Crippen LogP contribution in [0.25, 0.3) is 10.9 Å². The minimum Gasteiger partial charge on any atom is -0.351 e. The van der Waals surface area contributed by atoms with Crippen molar-refractivity contribution in [3.8, 4) is 0 Å². The highest BCUT2D eigenvalue weighted by Crippen LogP contribution is 2.20. The maximum absolute atomic E-state index is 12.3. The van der Waals surface area contributed by atoms with Crippen LogP contribution >= 0.6 is 11.6 Å². The molecule has 0 bridgehead atoms. The second-order valence-electron chi connectivity index (χ2n) is 6.09. The van der Waals surface area contributed by atoms with Crippen LogP contribution in [0.15, 0.2) is 48.5 Å². The first-order valence-corrected chi connectivity index (χ1v) is 8.88. The van der Waals surface area contributed by atoms with Crippen LogP contribution in [0.2, 0.25) is 5.02 Å². The van der Waals surface area contributed by atoms with Crippen LogP contribution in [0, 0.1) is 0 Å². The molecule has 0 fully saturated rings. The summed E-state index contributed by atoms with van der Waals surface area (Å²) in [7, 11) is 0. The first-order valence-electron chi connectivity index (χ1n) is 8.50.